The van der Waals surface area contributed by atoms with Crippen molar-refractivity contribution >= 4 is 27.8 Å². The van der Waals surface area contributed by atoms with Gasteiger partial charge < -0.3 is 9.64 Å². The van der Waals surface area contributed by atoms with Crippen LogP contribution < -0.4 is 0 Å². The van der Waals surface area contributed by atoms with Crippen LogP contribution in [0.15, 0.2) is 28.7 Å². The Balaban J connectivity index is 1.82. The number of hydrogen-bond acceptors (Lipinski definition) is 3. The van der Waals surface area contributed by atoms with Crippen molar-refractivity contribution < 1.29 is 14.3 Å². The molecule has 0 bridgehead atoms. The second-order valence-electron chi connectivity index (χ2n) is 5.89. The van der Waals surface area contributed by atoms with E-state index in [0.717, 1.165) is 29.3 Å². The molecule has 1 saturated heterocycles. The number of esters is 1. The molecule has 1 aromatic carbocycles. The summed E-state index contributed by atoms with van der Waals surface area (Å²) < 4.78 is 6.11. The van der Waals surface area contributed by atoms with Gasteiger partial charge in [-0.3, -0.25) is 9.59 Å². The summed E-state index contributed by atoms with van der Waals surface area (Å²) in [5.41, 5.74) is 0.875. The van der Waals surface area contributed by atoms with E-state index in [4.69, 9.17) is 4.74 Å². The molecule has 0 radical (unpaired) electrons. The molecule has 1 aliphatic rings. The third kappa shape index (κ3) is 4.57. The number of amides is 1. The molecule has 4 nitrogen and oxygen atoms in total. The number of piperidine rings is 1. The summed E-state index contributed by atoms with van der Waals surface area (Å²) in [6.45, 7) is 3.94. The first-order chi connectivity index (χ1) is 10.5. The molecule has 120 valence electrons. The molecule has 1 fully saturated rings. The van der Waals surface area contributed by atoms with Gasteiger partial charge in [0.05, 0.1) is 6.42 Å². The molecule has 0 saturated carbocycles. The third-order valence-electron chi connectivity index (χ3n) is 4.10. The fraction of sp³-hybridized carbons (Fsp3) is 0.529. The predicted octanol–water partition coefficient (Wildman–Crippen LogP) is 3.32. The maximum atomic E-state index is 12.3. The standard InChI is InChI=1S/C17H22BrNO3/c1-12-4-3-5-13(2)19(12)16(20)11-22-17(21)10-14-6-8-15(18)9-7-14/h6-9,12-13H,3-5,10-11H2,1-2H3/t12-,13+. The van der Waals surface area contributed by atoms with Crippen LogP contribution in [0.3, 0.4) is 0 Å². The summed E-state index contributed by atoms with van der Waals surface area (Å²) in [5.74, 6) is -0.461. The first-order valence-corrected chi connectivity index (χ1v) is 8.48. The zero-order chi connectivity index (χ0) is 16.1. The molecule has 0 aromatic heterocycles. The van der Waals surface area contributed by atoms with Crippen LogP contribution in [0.2, 0.25) is 0 Å². The minimum atomic E-state index is -0.368. The highest BCUT2D eigenvalue weighted by Crippen LogP contribution is 2.22. The van der Waals surface area contributed by atoms with Crippen LogP contribution in [0.25, 0.3) is 0 Å². The number of ether oxygens (including phenoxy) is 1. The summed E-state index contributed by atoms with van der Waals surface area (Å²) in [5, 5.41) is 0. The molecular weight excluding hydrogens is 346 g/mol. The van der Waals surface area contributed by atoms with E-state index in [9.17, 15) is 9.59 Å². The van der Waals surface area contributed by atoms with Crippen molar-refractivity contribution in [1.29, 1.82) is 0 Å². The van der Waals surface area contributed by atoms with Crippen LogP contribution in [0.5, 0.6) is 0 Å². The lowest BCUT2D eigenvalue weighted by Gasteiger charge is -2.38. The minimum absolute atomic E-state index is 0.0937. The van der Waals surface area contributed by atoms with Gasteiger partial charge in [0.15, 0.2) is 6.61 Å². The van der Waals surface area contributed by atoms with Gasteiger partial charge in [-0.15, -0.1) is 0 Å². The van der Waals surface area contributed by atoms with Gasteiger partial charge >= 0.3 is 5.97 Å². The van der Waals surface area contributed by atoms with E-state index in [1.54, 1.807) is 0 Å². The number of nitrogens with zero attached hydrogens (tertiary/aromatic N) is 1. The fourth-order valence-corrected chi connectivity index (χ4v) is 3.21. The first-order valence-electron chi connectivity index (χ1n) is 7.68. The van der Waals surface area contributed by atoms with Gasteiger partial charge in [-0.05, 0) is 50.8 Å². The Hall–Kier alpha value is -1.36. The highest BCUT2D eigenvalue weighted by atomic mass is 79.9. The van der Waals surface area contributed by atoms with Crippen molar-refractivity contribution in [3.05, 3.63) is 34.3 Å². The average molecular weight is 368 g/mol. The molecule has 2 atom stereocenters. The van der Waals surface area contributed by atoms with Gasteiger partial charge in [-0.1, -0.05) is 28.1 Å². The molecule has 1 aromatic rings. The smallest absolute Gasteiger partial charge is 0.310 e. The molecule has 0 N–H and O–H groups in total. The zero-order valence-electron chi connectivity index (χ0n) is 13.0. The Bertz CT molecular complexity index is 519. The molecule has 1 heterocycles. The quantitative estimate of drug-likeness (QED) is 0.766. The molecule has 0 spiro atoms. The van der Waals surface area contributed by atoms with Crippen molar-refractivity contribution in [2.45, 2.75) is 51.6 Å². The van der Waals surface area contributed by atoms with Gasteiger partial charge in [0.2, 0.25) is 0 Å². The van der Waals surface area contributed by atoms with Gasteiger partial charge in [-0.2, -0.15) is 0 Å². The largest absolute Gasteiger partial charge is 0.455 e. The second kappa shape index (κ2) is 7.77. The maximum absolute atomic E-state index is 12.3. The Morgan fingerprint density at radius 3 is 2.36 bits per heavy atom. The van der Waals surface area contributed by atoms with Gasteiger partial charge in [0.25, 0.3) is 5.91 Å². The van der Waals surface area contributed by atoms with Gasteiger partial charge in [0, 0.05) is 16.6 Å². The predicted molar refractivity (Wildman–Crippen MR) is 88.4 cm³/mol. The van der Waals surface area contributed by atoms with Crippen LogP contribution in [-0.4, -0.2) is 35.5 Å². The van der Waals surface area contributed by atoms with Crippen molar-refractivity contribution in [3.8, 4) is 0 Å². The average Bonchev–Trinajstić information content (AvgIpc) is 2.47. The molecule has 2 rings (SSSR count). The van der Waals surface area contributed by atoms with Gasteiger partial charge in [0.1, 0.15) is 0 Å². The summed E-state index contributed by atoms with van der Waals surface area (Å²) in [6, 6.07) is 7.93. The normalized spacial score (nSPS) is 21.5. The molecule has 1 amide bonds. The molecule has 0 unspecified atom stereocenters. The van der Waals surface area contributed by atoms with Gasteiger partial charge in [-0.25, -0.2) is 0 Å². The van der Waals surface area contributed by atoms with Crippen LogP contribution in [-0.2, 0) is 20.7 Å². The number of hydrogen-bond donors (Lipinski definition) is 0. The SMILES string of the molecule is C[C@@H]1CCC[C@H](C)N1C(=O)COC(=O)Cc1ccc(Br)cc1. The van der Waals surface area contributed by atoms with E-state index >= 15 is 0 Å². The molecule has 0 aliphatic carbocycles. The number of likely N-dealkylation sites (tertiary alicyclic amines) is 1. The first kappa shape index (κ1) is 17.0. The topological polar surface area (TPSA) is 46.6 Å². The Kier molecular flexibility index (Phi) is 6.00. The number of carbonyl (C=O) groups is 2. The van der Waals surface area contributed by atoms with Crippen molar-refractivity contribution in [3.63, 3.8) is 0 Å². The van der Waals surface area contributed by atoms with Crippen molar-refractivity contribution in [2.24, 2.45) is 0 Å². The van der Waals surface area contributed by atoms with E-state index in [-0.39, 0.29) is 37.0 Å². The maximum Gasteiger partial charge on any atom is 0.310 e. The number of rotatable bonds is 4. The Morgan fingerprint density at radius 1 is 1.18 bits per heavy atom. The molecule has 1 aliphatic heterocycles. The number of carbonyl (C=O) groups excluding carboxylic acids is 2. The summed E-state index contributed by atoms with van der Waals surface area (Å²) in [4.78, 5) is 26.0. The lowest BCUT2D eigenvalue weighted by molar-refractivity contribution is -0.154. The summed E-state index contributed by atoms with van der Waals surface area (Å²) >= 11 is 3.35. The van der Waals surface area contributed by atoms with E-state index < -0.39 is 0 Å². The van der Waals surface area contributed by atoms with E-state index in [2.05, 4.69) is 29.8 Å². The highest BCUT2D eigenvalue weighted by molar-refractivity contribution is 9.10. The minimum Gasteiger partial charge on any atom is -0.455 e. The van der Waals surface area contributed by atoms with E-state index in [1.807, 2.05) is 29.2 Å². The zero-order valence-corrected chi connectivity index (χ0v) is 14.6. The Morgan fingerprint density at radius 2 is 1.77 bits per heavy atom. The molecule has 22 heavy (non-hydrogen) atoms. The summed E-state index contributed by atoms with van der Waals surface area (Å²) in [6.07, 6.45) is 3.37. The lowest BCUT2D eigenvalue weighted by atomic mass is 9.97. The number of halogens is 1. The highest BCUT2D eigenvalue weighted by Gasteiger charge is 2.29. The van der Waals surface area contributed by atoms with Crippen molar-refractivity contribution in [1.82, 2.24) is 4.90 Å². The summed E-state index contributed by atoms with van der Waals surface area (Å²) in [7, 11) is 0. The second-order valence-corrected chi connectivity index (χ2v) is 6.81. The van der Waals surface area contributed by atoms with Crippen LogP contribution in [0.4, 0.5) is 0 Å². The molecular formula is C17H22BrNO3. The van der Waals surface area contributed by atoms with Crippen LogP contribution >= 0.6 is 15.9 Å². The van der Waals surface area contributed by atoms with E-state index in [1.165, 1.54) is 0 Å². The Labute approximate surface area is 140 Å². The van der Waals surface area contributed by atoms with Crippen molar-refractivity contribution in [2.75, 3.05) is 6.61 Å². The van der Waals surface area contributed by atoms with Crippen LogP contribution in [0.1, 0.15) is 38.7 Å². The van der Waals surface area contributed by atoms with E-state index in [0.29, 0.717) is 0 Å². The molecule has 5 heteroatoms. The van der Waals surface area contributed by atoms with Crippen LogP contribution in [0, 0.1) is 0 Å². The number of benzene rings is 1. The monoisotopic (exact) mass is 367 g/mol. The lowest BCUT2D eigenvalue weighted by Crippen LogP contribution is -2.49. The fourth-order valence-electron chi connectivity index (χ4n) is 2.95. The third-order valence-corrected chi connectivity index (χ3v) is 4.63.